The molecule has 0 bridgehead atoms. The molecule has 1 fully saturated rings. The van der Waals surface area contributed by atoms with Gasteiger partial charge >= 0.3 is 0 Å². The molecule has 2 rings (SSSR count). The van der Waals surface area contributed by atoms with E-state index in [0.29, 0.717) is 5.92 Å². The van der Waals surface area contributed by atoms with Gasteiger partial charge in [-0.2, -0.15) is 0 Å². The molecule has 1 N–H and O–H groups in total. The highest BCUT2D eigenvalue weighted by Crippen LogP contribution is 2.38. The van der Waals surface area contributed by atoms with E-state index in [0.717, 1.165) is 23.0 Å². The van der Waals surface area contributed by atoms with E-state index in [1.54, 1.807) is 6.07 Å². The Bertz CT molecular complexity index is 388. The molecule has 0 aliphatic heterocycles. The van der Waals surface area contributed by atoms with Crippen LogP contribution in [0, 0.1) is 11.7 Å². The maximum Gasteiger partial charge on any atom is 0.123 e. The van der Waals surface area contributed by atoms with Crippen LogP contribution in [0.3, 0.4) is 0 Å². The van der Waals surface area contributed by atoms with Gasteiger partial charge in [0, 0.05) is 10.5 Å². The Labute approximate surface area is 117 Å². The first-order valence-electron chi connectivity index (χ1n) is 6.90. The van der Waals surface area contributed by atoms with Gasteiger partial charge in [-0.05, 0) is 55.5 Å². The van der Waals surface area contributed by atoms with Crippen LogP contribution in [-0.4, -0.2) is 6.54 Å². The van der Waals surface area contributed by atoms with Gasteiger partial charge in [0.05, 0.1) is 0 Å². The van der Waals surface area contributed by atoms with Crippen molar-refractivity contribution in [2.75, 3.05) is 6.54 Å². The van der Waals surface area contributed by atoms with Crippen molar-refractivity contribution in [1.29, 1.82) is 0 Å². The molecule has 1 nitrogen and oxygen atoms in total. The quantitative estimate of drug-likeness (QED) is 0.821. The minimum atomic E-state index is -0.144. The zero-order chi connectivity index (χ0) is 13.0. The summed E-state index contributed by atoms with van der Waals surface area (Å²) in [6.07, 6.45) is 6.23. The van der Waals surface area contributed by atoms with Crippen molar-refractivity contribution in [3.05, 3.63) is 34.1 Å². The van der Waals surface area contributed by atoms with Crippen molar-refractivity contribution in [1.82, 2.24) is 5.32 Å². The maximum atomic E-state index is 13.5. The minimum Gasteiger partial charge on any atom is -0.310 e. The first kappa shape index (κ1) is 14.0. The van der Waals surface area contributed by atoms with Crippen molar-refractivity contribution >= 4 is 15.9 Å². The Kier molecular flexibility index (Phi) is 5.19. The molecule has 0 spiro atoms. The fraction of sp³-hybridized carbons (Fsp3) is 0.600. The molecule has 100 valence electrons. The Hall–Kier alpha value is -0.410. The van der Waals surface area contributed by atoms with Crippen molar-refractivity contribution in [3.63, 3.8) is 0 Å². The number of hydrogen-bond acceptors (Lipinski definition) is 1. The molecule has 1 unspecified atom stereocenters. The highest BCUT2D eigenvalue weighted by atomic mass is 79.9. The second-order valence-electron chi connectivity index (χ2n) is 5.14. The smallest absolute Gasteiger partial charge is 0.123 e. The molecule has 0 heterocycles. The van der Waals surface area contributed by atoms with Gasteiger partial charge in [0.2, 0.25) is 0 Å². The summed E-state index contributed by atoms with van der Waals surface area (Å²) in [7, 11) is 0. The number of nitrogens with one attached hydrogen (secondary N) is 1. The lowest BCUT2D eigenvalue weighted by Crippen LogP contribution is -2.28. The molecule has 1 aromatic carbocycles. The zero-order valence-corrected chi connectivity index (χ0v) is 12.5. The molecule has 0 saturated heterocycles. The summed E-state index contributed by atoms with van der Waals surface area (Å²) in [5.41, 5.74) is 1.08. The van der Waals surface area contributed by atoms with Crippen LogP contribution in [0.4, 0.5) is 4.39 Å². The van der Waals surface area contributed by atoms with Crippen LogP contribution < -0.4 is 5.32 Å². The number of hydrogen-bond donors (Lipinski definition) is 1. The molecule has 1 aromatic rings. The highest BCUT2D eigenvalue weighted by molar-refractivity contribution is 9.10. The Morgan fingerprint density at radius 1 is 1.39 bits per heavy atom. The molecule has 0 amide bonds. The topological polar surface area (TPSA) is 12.0 Å². The van der Waals surface area contributed by atoms with Crippen LogP contribution >= 0.6 is 15.9 Å². The summed E-state index contributed by atoms with van der Waals surface area (Å²) in [5, 5.41) is 3.60. The van der Waals surface area contributed by atoms with Crippen LogP contribution in [0.15, 0.2) is 22.7 Å². The number of halogens is 2. The van der Waals surface area contributed by atoms with Crippen molar-refractivity contribution in [2.24, 2.45) is 5.92 Å². The van der Waals surface area contributed by atoms with E-state index in [4.69, 9.17) is 0 Å². The first-order valence-corrected chi connectivity index (χ1v) is 7.70. The van der Waals surface area contributed by atoms with Crippen LogP contribution in [0.5, 0.6) is 0 Å². The molecule has 1 aliphatic rings. The standard InChI is InChI=1S/C15H21BrFN/c1-2-9-18-15(11-5-3-4-6-11)13-10-12(17)7-8-14(13)16/h7-8,10-11,15,18H,2-6,9H2,1H3. The molecule has 0 aromatic heterocycles. The van der Waals surface area contributed by atoms with Gasteiger partial charge in [0.15, 0.2) is 0 Å². The average molecular weight is 314 g/mol. The van der Waals surface area contributed by atoms with E-state index in [9.17, 15) is 4.39 Å². The van der Waals surface area contributed by atoms with Crippen LogP contribution in [0.1, 0.15) is 50.6 Å². The Morgan fingerprint density at radius 2 is 2.11 bits per heavy atom. The summed E-state index contributed by atoms with van der Waals surface area (Å²) in [5.74, 6) is 0.504. The molecule has 3 heteroatoms. The SMILES string of the molecule is CCCNC(c1cc(F)ccc1Br)C1CCCC1. The van der Waals surface area contributed by atoms with Crippen LogP contribution in [-0.2, 0) is 0 Å². The van der Waals surface area contributed by atoms with Crippen LogP contribution in [0.25, 0.3) is 0 Å². The van der Waals surface area contributed by atoms with Crippen LogP contribution in [0.2, 0.25) is 0 Å². The lowest BCUT2D eigenvalue weighted by atomic mass is 9.91. The molecule has 1 saturated carbocycles. The monoisotopic (exact) mass is 313 g/mol. The average Bonchev–Trinajstić information content (AvgIpc) is 2.88. The fourth-order valence-electron chi connectivity index (χ4n) is 2.87. The third kappa shape index (κ3) is 3.33. The Balaban J connectivity index is 2.23. The third-order valence-electron chi connectivity index (χ3n) is 3.78. The van der Waals surface area contributed by atoms with Crippen molar-refractivity contribution in [3.8, 4) is 0 Å². The zero-order valence-electron chi connectivity index (χ0n) is 10.9. The second-order valence-corrected chi connectivity index (χ2v) is 6.00. The number of rotatable bonds is 5. The molecule has 18 heavy (non-hydrogen) atoms. The molecule has 0 radical (unpaired) electrons. The normalized spacial score (nSPS) is 18.2. The van der Waals surface area contributed by atoms with Gasteiger partial charge in [-0.25, -0.2) is 4.39 Å². The van der Waals surface area contributed by atoms with E-state index in [1.165, 1.54) is 31.7 Å². The van der Waals surface area contributed by atoms with Gasteiger partial charge in [-0.1, -0.05) is 35.7 Å². The number of benzene rings is 1. The summed E-state index contributed by atoms with van der Waals surface area (Å²) >= 11 is 3.56. The first-order chi connectivity index (χ1) is 8.72. The lowest BCUT2D eigenvalue weighted by Gasteiger charge is -2.26. The maximum absolute atomic E-state index is 13.5. The highest BCUT2D eigenvalue weighted by Gasteiger charge is 2.27. The fourth-order valence-corrected chi connectivity index (χ4v) is 3.37. The van der Waals surface area contributed by atoms with Crippen molar-refractivity contribution in [2.45, 2.75) is 45.1 Å². The lowest BCUT2D eigenvalue weighted by molar-refractivity contribution is 0.366. The summed E-state index contributed by atoms with van der Waals surface area (Å²) in [4.78, 5) is 0. The van der Waals surface area contributed by atoms with E-state index >= 15 is 0 Å². The largest absolute Gasteiger partial charge is 0.310 e. The summed E-state index contributed by atoms with van der Waals surface area (Å²) < 4.78 is 14.5. The third-order valence-corrected chi connectivity index (χ3v) is 4.50. The molecular formula is C15H21BrFN. The summed E-state index contributed by atoms with van der Waals surface area (Å²) in [6, 6.07) is 5.30. The predicted molar refractivity (Wildman–Crippen MR) is 77.1 cm³/mol. The van der Waals surface area contributed by atoms with E-state index < -0.39 is 0 Å². The van der Waals surface area contributed by atoms with Gasteiger partial charge in [-0.3, -0.25) is 0 Å². The van der Waals surface area contributed by atoms with E-state index in [-0.39, 0.29) is 11.9 Å². The predicted octanol–water partition coefficient (Wildman–Crippen LogP) is 4.82. The van der Waals surface area contributed by atoms with E-state index in [2.05, 4.69) is 28.2 Å². The van der Waals surface area contributed by atoms with Gasteiger partial charge in [-0.15, -0.1) is 0 Å². The van der Waals surface area contributed by atoms with Gasteiger partial charge in [0.1, 0.15) is 5.82 Å². The minimum absolute atomic E-state index is 0.144. The van der Waals surface area contributed by atoms with Crippen molar-refractivity contribution < 1.29 is 4.39 Å². The van der Waals surface area contributed by atoms with Gasteiger partial charge < -0.3 is 5.32 Å². The molecule has 1 atom stereocenters. The molecular weight excluding hydrogens is 293 g/mol. The Morgan fingerprint density at radius 3 is 2.78 bits per heavy atom. The van der Waals surface area contributed by atoms with Gasteiger partial charge in [0.25, 0.3) is 0 Å². The van der Waals surface area contributed by atoms with E-state index in [1.807, 2.05) is 6.07 Å². The second kappa shape index (κ2) is 6.67. The molecule has 1 aliphatic carbocycles. The summed E-state index contributed by atoms with van der Waals surface area (Å²) in [6.45, 7) is 3.16.